The molecule has 9 heteroatoms. The van der Waals surface area contributed by atoms with Gasteiger partial charge in [0.05, 0.1) is 11.3 Å². The first-order valence-corrected chi connectivity index (χ1v) is 8.38. The molecule has 28 heavy (non-hydrogen) atoms. The van der Waals surface area contributed by atoms with Gasteiger partial charge < -0.3 is 10.5 Å². The van der Waals surface area contributed by atoms with Crippen molar-refractivity contribution in [2.24, 2.45) is 10.8 Å². The molecule has 0 fully saturated rings. The van der Waals surface area contributed by atoms with Crippen molar-refractivity contribution in [3.63, 3.8) is 0 Å². The molecular formula is C19H16ClN5O3. The summed E-state index contributed by atoms with van der Waals surface area (Å²) in [5.74, 6) is -1.47. The Morgan fingerprint density at radius 2 is 1.75 bits per heavy atom. The number of carbonyl (C=O) groups is 2. The molecule has 1 unspecified atom stereocenters. The van der Waals surface area contributed by atoms with E-state index >= 15 is 0 Å². The van der Waals surface area contributed by atoms with Gasteiger partial charge in [-0.1, -0.05) is 11.6 Å². The van der Waals surface area contributed by atoms with Gasteiger partial charge in [0, 0.05) is 10.6 Å². The van der Waals surface area contributed by atoms with Gasteiger partial charge in [-0.05, 0) is 55.5 Å². The van der Waals surface area contributed by atoms with E-state index < -0.39 is 17.9 Å². The van der Waals surface area contributed by atoms with E-state index in [2.05, 4.69) is 10.5 Å². The average Bonchev–Trinajstić information content (AvgIpc) is 2.68. The molecule has 0 saturated heterocycles. The number of benzene rings is 2. The molecule has 1 atom stereocenters. The quantitative estimate of drug-likeness (QED) is 0.215. The van der Waals surface area contributed by atoms with Crippen molar-refractivity contribution >= 4 is 40.6 Å². The van der Waals surface area contributed by atoms with Crippen molar-refractivity contribution in [1.29, 1.82) is 10.7 Å². The van der Waals surface area contributed by atoms with E-state index in [9.17, 15) is 9.59 Å². The number of Topliss-reactive ketones (excluding diaryl/α,β-unsaturated/α-hetero) is 1. The van der Waals surface area contributed by atoms with Gasteiger partial charge in [-0.25, -0.2) is 4.79 Å². The van der Waals surface area contributed by atoms with Crippen LogP contribution in [0.15, 0.2) is 53.6 Å². The van der Waals surface area contributed by atoms with Crippen LogP contribution >= 0.6 is 11.6 Å². The number of hydrogen-bond donors (Lipinski definition) is 3. The Balaban J connectivity index is 2.00. The lowest BCUT2D eigenvalue weighted by Crippen LogP contribution is -2.24. The lowest BCUT2D eigenvalue weighted by Gasteiger charge is -2.12. The first-order chi connectivity index (χ1) is 13.3. The Labute approximate surface area is 166 Å². The summed E-state index contributed by atoms with van der Waals surface area (Å²) >= 11 is 5.79. The van der Waals surface area contributed by atoms with Crippen molar-refractivity contribution in [3.05, 3.63) is 64.7 Å². The molecule has 0 heterocycles. The number of nitrogens with two attached hydrogens (primary N) is 1. The summed E-state index contributed by atoms with van der Waals surface area (Å²) in [6.07, 6.45) is -0.968. The predicted octanol–water partition coefficient (Wildman–Crippen LogP) is 3.00. The third kappa shape index (κ3) is 5.40. The zero-order chi connectivity index (χ0) is 20.7. The van der Waals surface area contributed by atoms with Gasteiger partial charge in [-0.15, -0.1) is 0 Å². The number of halogens is 1. The number of nitrogens with zero attached hydrogens (tertiary/aromatic N) is 2. The van der Waals surface area contributed by atoms with Gasteiger partial charge in [0.1, 0.15) is 6.07 Å². The molecule has 142 valence electrons. The summed E-state index contributed by atoms with van der Waals surface area (Å²) in [6.45, 7) is 1.49. The maximum atomic E-state index is 12.3. The van der Waals surface area contributed by atoms with Crippen molar-refractivity contribution in [2.45, 2.75) is 13.0 Å². The minimum absolute atomic E-state index is 0.234. The monoisotopic (exact) mass is 397 g/mol. The van der Waals surface area contributed by atoms with E-state index in [1.807, 2.05) is 0 Å². The van der Waals surface area contributed by atoms with Crippen LogP contribution in [0.3, 0.4) is 0 Å². The van der Waals surface area contributed by atoms with E-state index in [1.54, 1.807) is 30.3 Å². The topological polar surface area (TPSA) is 141 Å². The van der Waals surface area contributed by atoms with Crippen LogP contribution in [0.1, 0.15) is 27.6 Å². The van der Waals surface area contributed by atoms with Crippen LogP contribution in [-0.2, 0) is 4.74 Å². The van der Waals surface area contributed by atoms with E-state index in [1.165, 1.54) is 31.2 Å². The third-order valence-electron chi connectivity index (χ3n) is 3.56. The maximum Gasteiger partial charge on any atom is 0.338 e. The van der Waals surface area contributed by atoms with Crippen LogP contribution in [0.25, 0.3) is 0 Å². The van der Waals surface area contributed by atoms with Crippen LogP contribution in [0, 0.1) is 16.7 Å². The number of amidine groups is 1. The Morgan fingerprint density at radius 3 is 2.29 bits per heavy atom. The maximum absolute atomic E-state index is 12.3. The van der Waals surface area contributed by atoms with Gasteiger partial charge in [0.25, 0.3) is 0 Å². The molecule has 0 bridgehead atoms. The number of nitrogens with one attached hydrogen (secondary N) is 2. The van der Waals surface area contributed by atoms with E-state index in [0.29, 0.717) is 16.3 Å². The largest absolute Gasteiger partial charge is 0.451 e. The van der Waals surface area contributed by atoms with E-state index in [0.717, 1.165) is 0 Å². The third-order valence-corrected chi connectivity index (χ3v) is 3.81. The second-order valence-corrected chi connectivity index (χ2v) is 6.03. The van der Waals surface area contributed by atoms with Crippen molar-refractivity contribution in [2.75, 3.05) is 5.43 Å². The number of esters is 1. The van der Waals surface area contributed by atoms with Crippen molar-refractivity contribution < 1.29 is 14.3 Å². The Bertz CT molecular complexity index is 963. The molecule has 0 aliphatic rings. The molecule has 0 radical (unpaired) electrons. The highest BCUT2D eigenvalue weighted by atomic mass is 35.5. The first-order valence-electron chi connectivity index (χ1n) is 8.01. The molecule has 2 aromatic rings. The zero-order valence-corrected chi connectivity index (χ0v) is 15.5. The van der Waals surface area contributed by atoms with Crippen LogP contribution < -0.4 is 11.2 Å². The number of rotatable bonds is 7. The van der Waals surface area contributed by atoms with Crippen LogP contribution in [0.4, 0.5) is 5.69 Å². The highest BCUT2D eigenvalue weighted by Crippen LogP contribution is 2.15. The van der Waals surface area contributed by atoms with Gasteiger partial charge in [-0.2, -0.15) is 10.4 Å². The number of anilines is 1. The van der Waals surface area contributed by atoms with Crippen LogP contribution in [0.5, 0.6) is 0 Å². The van der Waals surface area contributed by atoms with Crippen LogP contribution in [-0.4, -0.2) is 29.4 Å². The lowest BCUT2D eigenvalue weighted by molar-refractivity contribution is 0.0319. The molecule has 0 saturated carbocycles. The molecule has 0 amide bonds. The molecule has 0 aromatic heterocycles. The van der Waals surface area contributed by atoms with Crippen molar-refractivity contribution in [3.8, 4) is 6.07 Å². The summed E-state index contributed by atoms with van der Waals surface area (Å²) < 4.78 is 5.21. The fourth-order valence-electron chi connectivity index (χ4n) is 2.08. The minimum Gasteiger partial charge on any atom is -0.451 e. The molecule has 0 spiro atoms. The second-order valence-electron chi connectivity index (χ2n) is 5.59. The second kappa shape index (κ2) is 9.30. The average molecular weight is 398 g/mol. The Kier molecular flexibility index (Phi) is 6.84. The standard InChI is InChI=1S/C19H16ClN5O3/c1-11(17(26)12-2-6-14(20)7-3-12)28-19(27)13-4-8-15(9-5-13)24-25-16(10-21)18(22)23/h2-9,11,24H,1H3,(H3,22,23)/b25-16+. The van der Waals surface area contributed by atoms with Gasteiger partial charge >= 0.3 is 5.97 Å². The Morgan fingerprint density at radius 1 is 1.18 bits per heavy atom. The molecule has 4 N–H and O–H groups in total. The van der Waals surface area contributed by atoms with E-state index in [-0.39, 0.29) is 17.1 Å². The number of nitriles is 1. The number of ether oxygens (including phenoxy) is 1. The van der Waals surface area contributed by atoms with Gasteiger partial charge in [0.15, 0.2) is 11.9 Å². The summed E-state index contributed by atoms with van der Waals surface area (Å²) in [5, 5.41) is 20.1. The highest BCUT2D eigenvalue weighted by Gasteiger charge is 2.20. The van der Waals surface area contributed by atoms with Crippen molar-refractivity contribution in [1.82, 2.24) is 0 Å². The number of hydrazone groups is 1. The smallest absolute Gasteiger partial charge is 0.338 e. The van der Waals surface area contributed by atoms with E-state index in [4.69, 9.17) is 32.7 Å². The lowest BCUT2D eigenvalue weighted by atomic mass is 10.1. The summed E-state index contributed by atoms with van der Waals surface area (Å²) in [7, 11) is 0. The summed E-state index contributed by atoms with van der Waals surface area (Å²) in [4.78, 5) is 24.5. The number of ketones is 1. The minimum atomic E-state index is -0.968. The zero-order valence-electron chi connectivity index (χ0n) is 14.8. The first kappa shape index (κ1) is 20.6. The molecule has 8 nitrogen and oxygen atoms in total. The Hall–Kier alpha value is -3.70. The summed E-state index contributed by atoms with van der Waals surface area (Å²) in [6, 6.07) is 14.0. The van der Waals surface area contributed by atoms with Gasteiger partial charge in [-0.3, -0.25) is 15.6 Å². The number of hydrogen-bond acceptors (Lipinski definition) is 7. The molecule has 0 aliphatic carbocycles. The summed E-state index contributed by atoms with van der Waals surface area (Å²) in [5.41, 5.74) is 8.57. The molecular weight excluding hydrogens is 382 g/mol. The van der Waals surface area contributed by atoms with Gasteiger partial charge in [0.2, 0.25) is 11.5 Å². The molecule has 0 aliphatic heterocycles. The van der Waals surface area contributed by atoms with Crippen LogP contribution in [0.2, 0.25) is 5.02 Å². The fourth-order valence-corrected chi connectivity index (χ4v) is 2.20. The SMILES string of the molecule is CC(OC(=O)c1ccc(N/N=C(\C#N)C(=N)N)cc1)C(=O)c1ccc(Cl)cc1. The number of carbonyl (C=O) groups excluding carboxylic acids is 2. The molecule has 2 rings (SSSR count). The molecule has 2 aromatic carbocycles. The normalized spacial score (nSPS) is 11.8. The highest BCUT2D eigenvalue weighted by molar-refractivity contribution is 6.45. The predicted molar refractivity (Wildman–Crippen MR) is 106 cm³/mol. The fraction of sp³-hybridized carbons (Fsp3) is 0.105.